The number of nitrogens with zero attached hydrogens (tertiary/aromatic N) is 2. The minimum absolute atomic E-state index is 0.110. The van der Waals surface area contributed by atoms with Crippen molar-refractivity contribution in [3.8, 4) is 0 Å². The number of rotatable bonds is 8. The molecule has 4 N–H and O–H groups in total. The molecule has 0 saturated carbocycles. The molecule has 10 heteroatoms. The summed E-state index contributed by atoms with van der Waals surface area (Å²) in [6.07, 6.45) is 2.07. The molecule has 1 aliphatic heterocycles. The zero-order valence-corrected chi connectivity index (χ0v) is 16.7. The van der Waals surface area contributed by atoms with E-state index in [2.05, 4.69) is 15.6 Å². The SMILES string of the molecule is CCCS(=O)(=O)N1CCC(NC(=NCc2ccc(C(N)=O)o2)NCC)CC1. The molecule has 9 nitrogen and oxygen atoms in total. The fourth-order valence-corrected chi connectivity index (χ4v) is 4.47. The number of hydrogen-bond acceptors (Lipinski definition) is 5. The second kappa shape index (κ2) is 9.75. The molecule has 1 amide bonds. The number of carbonyl (C=O) groups is 1. The normalized spacial score (nSPS) is 17.0. The summed E-state index contributed by atoms with van der Waals surface area (Å²) in [6, 6.07) is 3.35. The van der Waals surface area contributed by atoms with Crippen LogP contribution < -0.4 is 16.4 Å². The Balaban J connectivity index is 1.91. The maximum absolute atomic E-state index is 12.2. The van der Waals surface area contributed by atoms with Crippen LogP contribution in [-0.2, 0) is 16.6 Å². The number of hydrogen-bond donors (Lipinski definition) is 3. The Bertz CT molecular complexity index is 751. The number of aliphatic imine (C=N–C) groups is 1. The molecule has 2 rings (SSSR count). The topological polar surface area (TPSA) is 130 Å². The van der Waals surface area contributed by atoms with Crippen molar-refractivity contribution < 1.29 is 17.6 Å². The molecule has 1 aromatic rings. The van der Waals surface area contributed by atoms with E-state index in [-0.39, 0.29) is 24.1 Å². The molecule has 2 heterocycles. The third-order valence-corrected chi connectivity index (χ3v) is 6.37. The van der Waals surface area contributed by atoms with Crippen molar-refractivity contribution in [2.75, 3.05) is 25.4 Å². The molecule has 0 bridgehead atoms. The highest BCUT2D eigenvalue weighted by Gasteiger charge is 2.27. The van der Waals surface area contributed by atoms with E-state index in [1.807, 2.05) is 13.8 Å². The number of carbonyl (C=O) groups excluding carboxylic acids is 1. The van der Waals surface area contributed by atoms with Gasteiger partial charge in [0.2, 0.25) is 10.0 Å². The van der Waals surface area contributed by atoms with Gasteiger partial charge in [-0.3, -0.25) is 4.79 Å². The summed E-state index contributed by atoms with van der Waals surface area (Å²) >= 11 is 0. The maximum Gasteiger partial charge on any atom is 0.284 e. The monoisotopic (exact) mass is 399 g/mol. The van der Waals surface area contributed by atoms with E-state index in [4.69, 9.17) is 10.2 Å². The lowest BCUT2D eigenvalue weighted by Gasteiger charge is -2.32. The van der Waals surface area contributed by atoms with Gasteiger partial charge in [-0.05, 0) is 38.3 Å². The summed E-state index contributed by atoms with van der Waals surface area (Å²) in [7, 11) is -3.14. The predicted molar refractivity (Wildman–Crippen MR) is 104 cm³/mol. The molecule has 0 atom stereocenters. The smallest absolute Gasteiger partial charge is 0.284 e. The first-order valence-corrected chi connectivity index (χ1v) is 10.9. The van der Waals surface area contributed by atoms with Gasteiger partial charge in [0.15, 0.2) is 11.7 Å². The van der Waals surface area contributed by atoms with Crippen molar-refractivity contribution in [1.29, 1.82) is 0 Å². The number of piperidine rings is 1. The van der Waals surface area contributed by atoms with Crippen LogP contribution in [0.4, 0.5) is 0 Å². The highest BCUT2D eigenvalue weighted by molar-refractivity contribution is 7.89. The van der Waals surface area contributed by atoms with Gasteiger partial charge in [-0.1, -0.05) is 6.92 Å². The van der Waals surface area contributed by atoms with Gasteiger partial charge in [-0.15, -0.1) is 0 Å². The number of guanidine groups is 1. The van der Waals surface area contributed by atoms with Gasteiger partial charge in [-0.2, -0.15) is 0 Å². The number of primary amides is 1. The fraction of sp³-hybridized carbons (Fsp3) is 0.647. The lowest BCUT2D eigenvalue weighted by molar-refractivity contribution is 0.0972. The Morgan fingerprint density at radius 2 is 2.04 bits per heavy atom. The second-order valence-electron chi connectivity index (χ2n) is 6.46. The van der Waals surface area contributed by atoms with Crippen LogP contribution in [0, 0.1) is 0 Å². The first-order valence-electron chi connectivity index (χ1n) is 9.27. The third-order valence-electron chi connectivity index (χ3n) is 4.29. The Morgan fingerprint density at radius 3 is 2.59 bits per heavy atom. The van der Waals surface area contributed by atoms with E-state index in [1.54, 1.807) is 10.4 Å². The molecule has 0 aliphatic carbocycles. The summed E-state index contributed by atoms with van der Waals surface area (Å²) < 4.78 is 31.2. The minimum atomic E-state index is -3.14. The van der Waals surface area contributed by atoms with Crippen molar-refractivity contribution in [2.24, 2.45) is 10.7 Å². The zero-order valence-electron chi connectivity index (χ0n) is 15.9. The van der Waals surface area contributed by atoms with Gasteiger partial charge >= 0.3 is 0 Å². The van der Waals surface area contributed by atoms with E-state index in [1.165, 1.54) is 6.07 Å². The standard InChI is InChI=1S/C17H29N5O4S/c1-3-11-27(24,25)22-9-7-13(8-10-22)21-17(19-4-2)20-12-14-5-6-15(26-14)16(18)23/h5-6,13H,3-4,7-12H2,1-2H3,(H2,18,23)(H2,19,20,21). The van der Waals surface area contributed by atoms with Gasteiger partial charge in [-0.25, -0.2) is 17.7 Å². The number of nitrogens with one attached hydrogen (secondary N) is 2. The van der Waals surface area contributed by atoms with Crippen molar-refractivity contribution in [3.05, 3.63) is 23.7 Å². The van der Waals surface area contributed by atoms with Gasteiger partial charge in [0, 0.05) is 25.7 Å². The molecule has 1 aliphatic rings. The summed E-state index contributed by atoms with van der Waals surface area (Å²) in [5, 5.41) is 6.51. The first kappa shape index (κ1) is 21.2. The summed E-state index contributed by atoms with van der Waals surface area (Å²) in [4.78, 5) is 15.5. The zero-order chi connectivity index (χ0) is 19.9. The number of amides is 1. The average Bonchev–Trinajstić information content (AvgIpc) is 3.10. The molecule has 1 saturated heterocycles. The third kappa shape index (κ3) is 6.24. The van der Waals surface area contributed by atoms with Gasteiger partial charge in [0.05, 0.1) is 5.75 Å². The lowest BCUT2D eigenvalue weighted by Crippen LogP contribution is -2.50. The van der Waals surface area contributed by atoms with Crippen LogP contribution in [-0.4, -0.2) is 56.0 Å². The Hall–Kier alpha value is -2.07. The second-order valence-corrected chi connectivity index (χ2v) is 8.55. The summed E-state index contributed by atoms with van der Waals surface area (Å²) in [6.45, 7) is 5.83. The van der Waals surface area contributed by atoms with Crippen LogP contribution in [0.2, 0.25) is 0 Å². The van der Waals surface area contributed by atoms with Crippen LogP contribution in [0.15, 0.2) is 21.5 Å². The minimum Gasteiger partial charge on any atom is -0.454 e. The quantitative estimate of drug-likeness (QED) is 0.434. The van der Waals surface area contributed by atoms with Gasteiger partial charge < -0.3 is 20.8 Å². The molecule has 0 spiro atoms. The van der Waals surface area contributed by atoms with Crippen LogP contribution in [0.5, 0.6) is 0 Å². The summed E-state index contributed by atoms with van der Waals surface area (Å²) in [5.41, 5.74) is 5.18. The van der Waals surface area contributed by atoms with E-state index in [0.717, 1.165) is 12.8 Å². The van der Waals surface area contributed by atoms with Crippen LogP contribution >= 0.6 is 0 Å². The molecule has 27 heavy (non-hydrogen) atoms. The van der Waals surface area contributed by atoms with Crippen molar-refractivity contribution in [2.45, 2.75) is 45.7 Å². The summed E-state index contributed by atoms with van der Waals surface area (Å²) in [5.74, 6) is 0.871. The van der Waals surface area contributed by atoms with Gasteiger partial charge in [0.1, 0.15) is 12.3 Å². The van der Waals surface area contributed by atoms with E-state index in [9.17, 15) is 13.2 Å². The van der Waals surface area contributed by atoms with Crippen LogP contribution in [0.3, 0.4) is 0 Å². The molecule has 152 valence electrons. The highest BCUT2D eigenvalue weighted by Crippen LogP contribution is 2.15. The number of furan rings is 1. The van der Waals surface area contributed by atoms with Crippen LogP contribution in [0.25, 0.3) is 0 Å². The average molecular weight is 400 g/mol. The molecule has 0 unspecified atom stereocenters. The van der Waals surface area contributed by atoms with Crippen molar-refractivity contribution in [1.82, 2.24) is 14.9 Å². The predicted octanol–water partition coefficient (Wildman–Crippen LogP) is 0.638. The Morgan fingerprint density at radius 1 is 1.33 bits per heavy atom. The Kier molecular flexibility index (Phi) is 7.66. The molecule has 1 aromatic heterocycles. The molecule has 0 aromatic carbocycles. The van der Waals surface area contributed by atoms with Crippen molar-refractivity contribution >= 4 is 21.9 Å². The van der Waals surface area contributed by atoms with Gasteiger partial charge in [0.25, 0.3) is 5.91 Å². The molecule has 1 fully saturated rings. The van der Waals surface area contributed by atoms with Crippen LogP contribution in [0.1, 0.15) is 49.4 Å². The number of nitrogens with two attached hydrogens (primary N) is 1. The Labute approximate surface area is 160 Å². The fourth-order valence-electron chi connectivity index (χ4n) is 2.93. The molecular weight excluding hydrogens is 370 g/mol. The molecule has 0 radical (unpaired) electrons. The van der Waals surface area contributed by atoms with Crippen molar-refractivity contribution in [3.63, 3.8) is 0 Å². The first-order chi connectivity index (χ1) is 12.9. The van der Waals surface area contributed by atoms with E-state index < -0.39 is 15.9 Å². The number of sulfonamides is 1. The van der Waals surface area contributed by atoms with E-state index >= 15 is 0 Å². The molecular formula is C17H29N5O4S. The largest absolute Gasteiger partial charge is 0.454 e. The van der Waals surface area contributed by atoms with E-state index in [0.29, 0.717) is 37.8 Å². The highest BCUT2D eigenvalue weighted by atomic mass is 32.2. The lowest BCUT2D eigenvalue weighted by atomic mass is 10.1. The maximum atomic E-state index is 12.2.